The molecule has 0 N–H and O–H groups in total. The fourth-order valence-electron chi connectivity index (χ4n) is 9.05. The van der Waals surface area contributed by atoms with E-state index in [4.69, 9.17) is 23.1 Å². The van der Waals surface area contributed by atoms with Crippen molar-refractivity contribution >= 4 is 32.7 Å². The van der Waals surface area contributed by atoms with Crippen molar-refractivity contribution in [3.05, 3.63) is 103 Å². The van der Waals surface area contributed by atoms with Gasteiger partial charge >= 0.3 is 0 Å². The number of fused-ring (bicyclic) bond motifs is 3. The summed E-state index contributed by atoms with van der Waals surface area (Å²) in [6, 6.07) is 31.0. The van der Waals surface area contributed by atoms with Crippen molar-refractivity contribution in [2.45, 2.75) is 108 Å². The maximum absolute atomic E-state index is 7.45. The molecule has 52 heavy (non-hydrogen) atoms. The van der Waals surface area contributed by atoms with E-state index in [9.17, 15) is 0 Å². The van der Waals surface area contributed by atoms with Crippen LogP contribution in [0.4, 0.5) is 5.69 Å². The molecule has 3 aromatic carbocycles. The summed E-state index contributed by atoms with van der Waals surface area (Å²) in [4.78, 5) is 2.50. The lowest BCUT2D eigenvalue weighted by molar-refractivity contribution is -0.153. The van der Waals surface area contributed by atoms with Crippen molar-refractivity contribution in [3.8, 4) is 0 Å². The van der Waals surface area contributed by atoms with Crippen LogP contribution < -0.4 is 15.3 Å². The van der Waals surface area contributed by atoms with Crippen molar-refractivity contribution in [1.82, 2.24) is 0 Å². The molecule has 4 atom stereocenters. The van der Waals surface area contributed by atoms with E-state index in [0.29, 0.717) is 25.7 Å². The van der Waals surface area contributed by atoms with Crippen LogP contribution >= 0.6 is 0 Å². The van der Waals surface area contributed by atoms with E-state index in [-0.39, 0.29) is 22.2 Å². The zero-order valence-corrected chi connectivity index (χ0v) is 34.8. The van der Waals surface area contributed by atoms with Gasteiger partial charge < -0.3 is 28.0 Å². The minimum atomic E-state index is -2.69. The summed E-state index contributed by atoms with van der Waals surface area (Å²) in [5, 5.41) is 2.74. The zero-order chi connectivity index (χ0) is 36.8. The molecule has 1 spiro atoms. The topological polar surface area (TPSA) is 49.4 Å². The van der Waals surface area contributed by atoms with Gasteiger partial charge in [0.05, 0.1) is 18.8 Å². The van der Waals surface area contributed by atoms with E-state index in [1.54, 1.807) is 0 Å². The van der Waals surface area contributed by atoms with Gasteiger partial charge in [-0.2, -0.15) is 0 Å². The fourth-order valence-corrected chi connectivity index (χ4v) is 14.7. The SMILES string of the molecule is CC(C)(C)[Si](C)(C)OCCc1ccc(N2CC[C@@H]3[C@H]2O[C@@]2(CCO[Si](c4ccccc4)(c4ccccc4)C(C)(C)C)C=CC4(C[C@@H]32)OCCO4)cc1. The molecule has 3 fully saturated rings. The number of hydrogen-bond acceptors (Lipinski definition) is 6. The normalized spacial score (nSPS) is 25.8. The Morgan fingerprint density at radius 1 is 0.750 bits per heavy atom. The first kappa shape index (κ1) is 37.7. The van der Waals surface area contributed by atoms with Crippen molar-refractivity contribution in [3.63, 3.8) is 0 Å². The average molecular weight is 740 g/mol. The molecule has 7 rings (SSSR count). The van der Waals surface area contributed by atoms with E-state index >= 15 is 0 Å². The van der Waals surface area contributed by atoms with Crippen LogP contribution in [0.15, 0.2) is 97.1 Å². The van der Waals surface area contributed by atoms with Crippen LogP contribution in [0.3, 0.4) is 0 Å². The lowest BCUT2D eigenvalue weighted by atomic mass is 9.71. The molecule has 3 heterocycles. The van der Waals surface area contributed by atoms with Gasteiger partial charge in [-0.1, -0.05) is 120 Å². The van der Waals surface area contributed by atoms with Crippen LogP contribution in [0.2, 0.25) is 23.2 Å². The smallest absolute Gasteiger partial charge is 0.261 e. The van der Waals surface area contributed by atoms with E-state index in [1.165, 1.54) is 21.6 Å². The van der Waals surface area contributed by atoms with Crippen LogP contribution in [0.25, 0.3) is 0 Å². The average Bonchev–Trinajstić information content (AvgIpc) is 3.82. The van der Waals surface area contributed by atoms with Crippen LogP contribution in [0.5, 0.6) is 0 Å². The van der Waals surface area contributed by atoms with E-state index in [2.05, 4.69) is 157 Å². The maximum atomic E-state index is 7.45. The molecule has 3 saturated heterocycles. The predicted octanol–water partition coefficient (Wildman–Crippen LogP) is 8.46. The fraction of sp³-hybridized carbons (Fsp3) is 0.545. The molecule has 0 unspecified atom stereocenters. The molecule has 280 valence electrons. The molecule has 6 nitrogen and oxygen atoms in total. The van der Waals surface area contributed by atoms with Crippen molar-refractivity contribution < 1.29 is 23.1 Å². The number of rotatable bonds is 11. The van der Waals surface area contributed by atoms with Gasteiger partial charge in [0.1, 0.15) is 6.23 Å². The number of nitrogens with zero attached hydrogens (tertiary/aromatic N) is 1. The molecule has 3 aromatic rings. The second kappa shape index (κ2) is 14.3. The van der Waals surface area contributed by atoms with Crippen LogP contribution in [-0.4, -0.2) is 67.2 Å². The first-order valence-corrected chi connectivity index (χ1v) is 24.4. The summed E-state index contributed by atoms with van der Waals surface area (Å²) in [5.74, 6) is -0.00687. The Morgan fingerprint density at radius 3 is 1.94 bits per heavy atom. The standard InChI is InChI=1S/C44H61NO5Si2/c1-41(2,3)51(7,8)48-29-24-34-19-21-35(22-20-34)45-28-23-38-39-33-44(46-31-32-47-44)26-25-43(39,50-40(38)45)27-30-49-52(42(4,5)6,36-15-11-9-12-16-36)37-17-13-10-14-18-37/h9-22,25-26,38-40H,23-24,27-33H2,1-8H3/t38-,39-,40+,43+/m0/s1. The Balaban J connectivity index is 1.12. The lowest BCUT2D eigenvalue weighted by Crippen LogP contribution is -2.66. The Bertz CT molecular complexity index is 1640. The molecule has 0 amide bonds. The molecule has 0 bridgehead atoms. The van der Waals surface area contributed by atoms with Gasteiger partial charge in [0.25, 0.3) is 8.32 Å². The van der Waals surface area contributed by atoms with Crippen LogP contribution in [0, 0.1) is 11.8 Å². The largest absolute Gasteiger partial charge is 0.416 e. The van der Waals surface area contributed by atoms with Gasteiger partial charge in [0.2, 0.25) is 0 Å². The van der Waals surface area contributed by atoms with E-state index in [0.717, 1.165) is 38.8 Å². The molecular formula is C44H61NO5Si2. The number of anilines is 1. The van der Waals surface area contributed by atoms with Gasteiger partial charge in [-0.15, -0.1) is 0 Å². The summed E-state index contributed by atoms with van der Waals surface area (Å²) in [5.41, 5.74) is 2.09. The minimum absolute atomic E-state index is 0.00756. The van der Waals surface area contributed by atoms with E-state index < -0.39 is 28.0 Å². The third-order valence-electron chi connectivity index (χ3n) is 12.9. The minimum Gasteiger partial charge on any atom is -0.416 e. The monoisotopic (exact) mass is 739 g/mol. The van der Waals surface area contributed by atoms with Crippen molar-refractivity contribution in [2.24, 2.45) is 11.8 Å². The first-order valence-electron chi connectivity index (χ1n) is 19.6. The highest BCUT2D eigenvalue weighted by atomic mass is 28.4. The Hall–Kier alpha value is -2.57. The number of hydrogen-bond donors (Lipinski definition) is 0. The third-order valence-corrected chi connectivity index (χ3v) is 22.5. The van der Waals surface area contributed by atoms with Crippen LogP contribution in [0.1, 0.15) is 66.4 Å². The van der Waals surface area contributed by atoms with Gasteiger partial charge in [-0.25, -0.2) is 0 Å². The third kappa shape index (κ3) is 6.94. The Morgan fingerprint density at radius 2 is 1.37 bits per heavy atom. The molecule has 0 aromatic heterocycles. The summed E-state index contributed by atoms with van der Waals surface area (Å²) >= 11 is 0. The molecule has 0 radical (unpaired) electrons. The summed E-state index contributed by atoms with van der Waals surface area (Å²) < 4.78 is 33.9. The molecule has 0 saturated carbocycles. The van der Waals surface area contributed by atoms with Crippen molar-refractivity contribution in [2.75, 3.05) is 37.9 Å². The van der Waals surface area contributed by atoms with Crippen molar-refractivity contribution in [1.29, 1.82) is 0 Å². The second-order valence-corrected chi connectivity index (χ2v) is 27.2. The second-order valence-electron chi connectivity index (χ2n) is 18.0. The highest BCUT2D eigenvalue weighted by Crippen LogP contribution is 2.56. The van der Waals surface area contributed by atoms with Gasteiger partial charge in [0.15, 0.2) is 14.1 Å². The maximum Gasteiger partial charge on any atom is 0.261 e. The molecule has 8 heteroatoms. The first-order chi connectivity index (χ1) is 24.7. The Labute approximate surface area is 315 Å². The molecule has 3 aliphatic heterocycles. The van der Waals surface area contributed by atoms with Crippen LogP contribution in [-0.2, 0) is 29.5 Å². The highest BCUT2D eigenvalue weighted by Gasteiger charge is 2.62. The van der Waals surface area contributed by atoms with E-state index in [1.807, 2.05) is 0 Å². The zero-order valence-electron chi connectivity index (χ0n) is 32.8. The summed E-state index contributed by atoms with van der Waals surface area (Å²) in [7, 11) is -4.45. The molecule has 4 aliphatic rings. The number of benzene rings is 3. The van der Waals surface area contributed by atoms with Gasteiger partial charge in [0, 0.05) is 50.1 Å². The quantitative estimate of drug-likeness (QED) is 0.145. The highest BCUT2D eigenvalue weighted by molar-refractivity contribution is 6.99. The molecule has 1 aliphatic carbocycles. The van der Waals surface area contributed by atoms with Gasteiger partial charge in [-0.05, 0) is 70.2 Å². The lowest BCUT2D eigenvalue weighted by Gasteiger charge is -2.45. The molecular weight excluding hydrogens is 679 g/mol. The number of ether oxygens (including phenoxy) is 3. The van der Waals surface area contributed by atoms with Gasteiger partial charge in [-0.3, -0.25) is 0 Å². The Kier molecular flexibility index (Phi) is 10.3. The predicted molar refractivity (Wildman–Crippen MR) is 216 cm³/mol. The summed E-state index contributed by atoms with van der Waals surface area (Å²) in [6.07, 6.45) is 8.05. The summed E-state index contributed by atoms with van der Waals surface area (Å²) in [6.45, 7) is 22.2.